The van der Waals surface area contributed by atoms with Crippen molar-refractivity contribution in [1.29, 1.82) is 0 Å². The number of hydrogen-bond acceptors (Lipinski definition) is 5. The maximum absolute atomic E-state index is 12.5. The molecule has 6 nitrogen and oxygen atoms in total. The van der Waals surface area contributed by atoms with Gasteiger partial charge in [-0.2, -0.15) is 0 Å². The minimum absolute atomic E-state index is 0.0168. The highest BCUT2D eigenvalue weighted by molar-refractivity contribution is 5.76. The van der Waals surface area contributed by atoms with E-state index < -0.39 is 12.1 Å². The zero-order chi connectivity index (χ0) is 56.4. The first-order valence-corrected chi connectivity index (χ1v) is 35.6. The lowest BCUT2D eigenvalue weighted by Crippen LogP contribution is -2.45. The van der Waals surface area contributed by atoms with Crippen LogP contribution in [0.4, 0.5) is 0 Å². The van der Waals surface area contributed by atoms with E-state index in [0.29, 0.717) is 25.9 Å². The Labute approximate surface area is 488 Å². The van der Waals surface area contributed by atoms with E-state index in [-0.39, 0.29) is 18.5 Å². The lowest BCUT2D eigenvalue weighted by molar-refractivity contribution is -0.143. The van der Waals surface area contributed by atoms with Crippen molar-refractivity contribution in [2.75, 3.05) is 13.2 Å². The second kappa shape index (κ2) is 67.8. The molecule has 6 heteroatoms. The smallest absolute Gasteiger partial charge is 0.305 e. The van der Waals surface area contributed by atoms with Crippen molar-refractivity contribution in [2.45, 2.75) is 411 Å². The Balaban J connectivity index is 3.37. The Morgan fingerprint density at radius 1 is 0.359 bits per heavy atom. The molecule has 0 spiro atoms. The number of carbonyl (C=O) groups excluding carboxylic acids is 2. The van der Waals surface area contributed by atoms with E-state index in [4.69, 9.17) is 4.74 Å². The molecule has 0 aromatic heterocycles. The lowest BCUT2D eigenvalue weighted by atomic mass is 10.0. The molecule has 462 valence electrons. The molecule has 0 bridgehead atoms. The maximum atomic E-state index is 12.5. The number of unbranched alkanes of at least 4 members (excludes halogenated alkanes) is 52. The summed E-state index contributed by atoms with van der Waals surface area (Å²) in [6, 6.07) is -0.541. The first kappa shape index (κ1) is 76.3. The molecule has 0 radical (unpaired) electrons. The van der Waals surface area contributed by atoms with Gasteiger partial charge in [0.1, 0.15) is 0 Å². The van der Waals surface area contributed by atoms with Crippen molar-refractivity contribution in [1.82, 2.24) is 5.32 Å². The molecule has 0 aromatic rings. The number of ether oxygens (including phenoxy) is 1. The van der Waals surface area contributed by atoms with Gasteiger partial charge < -0.3 is 20.3 Å². The second-order valence-corrected chi connectivity index (χ2v) is 24.6. The molecular weight excluding hydrogens is 959 g/mol. The first-order valence-electron chi connectivity index (χ1n) is 35.6. The van der Waals surface area contributed by atoms with E-state index in [1.165, 1.54) is 321 Å². The number of amides is 1. The molecule has 0 saturated heterocycles. The lowest BCUT2D eigenvalue weighted by Gasteiger charge is -2.22. The van der Waals surface area contributed by atoms with E-state index in [1.807, 2.05) is 0 Å². The summed E-state index contributed by atoms with van der Waals surface area (Å²) in [6.45, 7) is 4.99. The molecule has 0 aliphatic heterocycles. The third-order valence-corrected chi connectivity index (χ3v) is 16.8. The molecule has 0 aromatic carbocycles. The third kappa shape index (κ3) is 63.5. The summed E-state index contributed by atoms with van der Waals surface area (Å²) in [5.74, 6) is -0.0147. The van der Waals surface area contributed by atoms with Crippen molar-refractivity contribution in [3.05, 3.63) is 24.3 Å². The van der Waals surface area contributed by atoms with Crippen LogP contribution in [0.5, 0.6) is 0 Å². The quantitative estimate of drug-likeness (QED) is 0.0320. The highest BCUT2D eigenvalue weighted by Crippen LogP contribution is 2.19. The molecule has 0 saturated carbocycles. The Bertz CT molecular complexity index is 1220. The highest BCUT2D eigenvalue weighted by Gasteiger charge is 2.20. The number of aliphatic hydroxyl groups excluding tert-OH is 2. The fourth-order valence-electron chi connectivity index (χ4n) is 11.3. The average molecular weight is 1100 g/mol. The summed E-state index contributed by atoms with van der Waals surface area (Å²) in [4.78, 5) is 24.6. The summed E-state index contributed by atoms with van der Waals surface area (Å²) in [6.07, 6.45) is 85.2. The van der Waals surface area contributed by atoms with Crippen LogP contribution in [0.1, 0.15) is 399 Å². The molecule has 3 N–H and O–H groups in total. The molecule has 2 unspecified atom stereocenters. The van der Waals surface area contributed by atoms with Gasteiger partial charge in [0.2, 0.25) is 5.91 Å². The number of allylic oxidation sites excluding steroid dienone is 4. The van der Waals surface area contributed by atoms with E-state index in [2.05, 4.69) is 43.5 Å². The Morgan fingerprint density at radius 2 is 0.641 bits per heavy atom. The standard InChI is InChI=1S/C72H139NO5/c1-3-5-7-9-11-13-15-17-36-40-44-48-52-56-60-64-70(75)69(68-74)73-71(76)65-61-57-53-49-45-41-38-34-32-30-28-26-24-22-20-19-21-23-25-27-29-31-33-35-39-43-47-51-55-59-63-67-78-72(77)66-62-58-54-50-46-42-37-18-16-14-12-10-8-6-4-2/h21,23,27,29,69-70,74-75H,3-20,22,24-26,28,30-68H2,1-2H3,(H,73,76)/b23-21-,29-27-. The van der Waals surface area contributed by atoms with Gasteiger partial charge in [0.25, 0.3) is 0 Å². The maximum Gasteiger partial charge on any atom is 0.305 e. The van der Waals surface area contributed by atoms with Crippen LogP contribution in [0.3, 0.4) is 0 Å². The number of nitrogens with one attached hydrogen (secondary N) is 1. The van der Waals surface area contributed by atoms with Gasteiger partial charge in [0, 0.05) is 12.8 Å². The summed E-state index contributed by atoms with van der Waals surface area (Å²) >= 11 is 0. The predicted octanol–water partition coefficient (Wildman–Crippen LogP) is 22.9. The fraction of sp³-hybridized carbons (Fsp3) is 0.917. The van der Waals surface area contributed by atoms with Gasteiger partial charge in [-0.25, -0.2) is 0 Å². The van der Waals surface area contributed by atoms with Crippen LogP contribution < -0.4 is 5.32 Å². The molecule has 0 rings (SSSR count). The Kier molecular flexibility index (Phi) is 66.4. The summed E-state index contributed by atoms with van der Waals surface area (Å²) in [5.41, 5.74) is 0. The van der Waals surface area contributed by atoms with Gasteiger partial charge in [-0.15, -0.1) is 0 Å². The topological polar surface area (TPSA) is 95.9 Å². The second-order valence-electron chi connectivity index (χ2n) is 24.6. The van der Waals surface area contributed by atoms with Crippen LogP contribution in [0, 0.1) is 0 Å². The largest absolute Gasteiger partial charge is 0.466 e. The van der Waals surface area contributed by atoms with Crippen molar-refractivity contribution < 1.29 is 24.5 Å². The number of aliphatic hydroxyl groups is 2. The van der Waals surface area contributed by atoms with E-state index in [9.17, 15) is 19.8 Å². The third-order valence-electron chi connectivity index (χ3n) is 16.8. The zero-order valence-electron chi connectivity index (χ0n) is 52.9. The predicted molar refractivity (Wildman–Crippen MR) is 343 cm³/mol. The van der Waals surface area contributed by atoms with Crippen LogP contribution in [-0.2, 0) is 14.3 Å². The first-order chi connectivity index (χ1) is 38.5. The van der Waals surface area contributed by atoms with Crippen LogP contribution in [0.2, 0.25) is 0 Å². The SMILES string of the molecule is CCCCCCCCCCCCCCCCCC(=O)OCCCCCCCCCCC/C=C\C/C=C\CCCCCCCCCCCCCCCCCC(=O)NC(CO)C(O)CCCCCCCCCCCCCCCCC. The molecule has 0 aliphatic rings. The summed E-state index contributed by atoms with van der Waals surface area (Å²) in [5, 5.41) is 23.3. The highest BCUT2D eigenvalue weighted by atomic mass is 16.5. The normalized spacial score (nSPS) is 12.6. The van der Waals surface area contributed by atoms with Gasteiger partial charge in [0.05, 0.1) is 25.4 Å². The minimum Gasteiger partial charge on any atom is -0.466 e. The van der Waals surface area contributed by atoms with Crippen molar-refractivity contribution >= 4 is 11.9 Å². The van der Waals surface area contributed by atoms with Crippen molar-refractivity contribution in [3.63, 3.8) is 0 Å². The molecule has 0 fully saturated rings. The average Bonchev–Trinajstić information content (AvgIpc) is 3.44. The number of carbonyl (C=O) groups is 2. The summed E-state index contributed by atoms with van der Waals surface area (Å²) in [7, 11) is 0. The molecule has 1 amide bonds. The minimum atomic E-state index is -0.663. The van der Waals surface area contributed by atoms with Crippen LogP contribution in [-0.4, -0.2) is 47.4 Å². The number of rotatable bonds is 67. The fourth-order valence-corrected chi connectivity index (χ4v) is 11.3. The van der Waals surface area contributed by atoms with E-state index in [0.717, 1.165) is 44.9 Å². The Hall–Kier alpha value is -1.66. The van der Waals surface area contributed by atoms with Crippen LogP contribution in [0.15, 0.2) is 24.3 Å². The molecule has 2 atom stereocenters. The molecule has 78 heavy (non-hydrogen) atoms. The monoisotopic (exact) mass is 1100 g/mol. The van der Waals surface area contributed by atoms with Crippen LogP contribution in [0.25, 0.3) is 0 Å². The van der Waals surface area contributed by atoms with Gasteiger partial charge in [-0.05, 0) is 57.8 Å². The van der Waals surface area contributed by atoms with Gasteiger partial charge in [0.15, 0.2) is 0 Å². The van der Waals surface area contributed by atoms with Gasteiger partial charge in [-0.1, -0.05) is 353 Å². The van der Waals surface area contributed by atoms with E-state index in [1.54, 1.807) is 0 Å². The van der Waals surface area contributed by atoms with Gasteiger partial charge in [-0.3, -0.25) is 9.59 Å². The Morgan fingerprint density at radius 3 is 0.974 bits per heavy atom. The summed E-state index contributed by atoms with van der Waals surface area (Å²) < 4.78 is 5.49. The molecular formula is C72H139NO5. The van der Waals surface area contributed by atoms with Gasteiger partial charge >= 0.3 is 5.97 Å². The zero-order valence-corrected chi connectivity index (χ0v) is 52.9. The van der Waals surface area contributed by atoms with Crippen molar-refractivity contribution in [3.8, 4) is 0 Å². The number of esters is 1. The number of hydrogen-bond donors (Lipinski definition) is 3. The molecule has 0 aliphatic carbocycles. The molecule has 0 heterocycles. The van der Waals surface area contributed by atoms with Crippen LogP contribution >= 0.6 is 0 Å². The van der Waals surface area contributed by atoms with Crippen molar-refractivity contribution in [2.24, 2.45) is 0 Å². The van der Waals surface area contributed by atoms with E-state index >= 15 is 0 Å².